The van der Waals surface area contributed by atoms with E-state index >= 15 is 0 Å². The lowest BCUT2D eigenvalue weighted by molar-refractivity contribution is 0.291. The Kier molecular flexibility index (Phi) is 4.36. The minimum atomic E-state index is 0.595. The Labute approximate surface area is 132 Å². The van der Waals surface area contributed by atoms with Gasteiger partial charge in [0.15, 0.2) is 0 Å². The maximum absolute atomic E-state index is 5.70. The lowest BCUT2D eigenvalue weighted by Crippen LogP contribution is -2.08. The van der Waals surface area contributed by atoms with Gasteiger partial charge in [-0.15, -0.1) is 0 Å². The van der Waals surface area contributed by atoms with Gasteiger partial charge >= 0.3 is 0 Å². The normalized spacial score (nSPS) is 10.5. The molecule has 0 spiro atoms. The van der Waals surface area contributed by atoms with Crippen LogP contribution in [0.1, 0.15) is 0 Å². The van der Waals surface area contributed by atoms with Crippen LogP contribution in [0.3, 0.4) is 0 Å². The van der Waals surface area contributed by atoms with E-state index in [0.717, 1.165) is 22.3 Å². The molecule has 3 nitrogen and oxygen atoms in total. The van der Waals surface area contributed by atoms with Crippen molar-refractivity contribution in [1.82, 2.24) is 9.78 Å². The standard InChI is InChI=1S/C17H15BrN2O/c18-16-6-8-17(9-7-16)21-11-10-20-13-15(12-19-20)14-4-2-1-3-5-14/h1-9,12-13H,10-11H2. The van der Waals surface area contributed by atoms with Crippen LogP contribution in [0.2, 0.25) is 0 Å². The van der Waals surface area contributed by atoms with Gasteiger partial charge in [0.2, 0.25) is 0 Å². The van der Waals surface area contributed by atoms with Gasteiger partial charge in [0.25, 0.3) is 0 Å². The van der Waals surface area contributed by atoms with Crippen molar-refractivity contribution in [1.29, 1.82) is 0 Å². The molecule has 1 aromatic heterocycles. The van der Waals surface area contributed by atoms with Crippen LogP contribution in [0.15, 0.2) is 71.5 Å². The van der Waals surface area contributed by atoms with Gasteiger partial charge in [-0.05, 0) is 29.8 Å². The van der Waals surface area contributed by atoms with E-state index in [1.807, 2.05) is 59.5 Å². The molecule has 4 heteroatoms. The highest BCUT2D eigenvalue weighted by molar-refractivity contribution is 9.10. The number of halogens is 1. The average Bonchev–Trinajstić information content (AvgIpc) is 2.99. The molecule has 0 amide bonds. The molecule has 0 atom stereocenters. The molecule has 2 aromatic carbocycles. The molecule has 0 saturated heterocycles. The van der Waals surface area contributed by atoms with Crippen LogP contribution in [-0.2, 0) is 6.54 Å². The van der Waals surface area contributed by atoms with Crippen molar-refractivity contribution in [2.75, 3.05) is 6.61 Å². The highest BCUT2D eigenvalue weighted by Gasteiger charge is 2.01. The molecule has 0 bridgehead atoms. The summed E-state index contributed by atoms with van der Waals surface area (Å²) in [6, 6.07) is 18.1. The average molecular weight is 343 g/mol. The first-order valence-corrected chi connectivity index (χ1v) is 7.57. The van der Waals surface area contributed by atoms with Crippen LogP contribution >= 0.6 is 15.9 Å². The summed E-state index contributed by atoms with van der Waals surface area (Å²) in [5, 5.41) is 4.37. The van der Waals surface area contributed by atoms with Gasteiger partial charge in [-0.1, -0.05) is 46.3 Å². The Morgan fingerprint density at radius 2 is 1.71 bits per heavy atom. The lowest BCUT2D eigenvalue weighted by Gasteiger charge is -2.06. The number of hydrogen-bond donors (Lipinski definition) is 0. The highest BCUT2D eigenvalue weighted by Crippen LogP contribution is 2.18. The second kappa shape index (κ2) is 6.59. The summed E-state index contributed by atoms with van der Waals surface area (Å²) >= 11 is 3.41. The van der Waals surface area contributed by atoms with Crippen molar-refractivity contribution in [2.45, 2.75) is 6.54 Å². The highest BCUT2D eigenvalue weighted by atomic mass is 79.9. The van der Waals surface area contributed by atoms with E-state index in [1.165, 1.54) is 5.56 Å². The minimum Gasteiger partial charge on any atom is -0.492 e. The van der Waals surface area contributed by atoms with Crippen LogP contribution in [0, 0.1) is 0 Å². The molecule has 3 aromatic rings. The first-order chi connectivity index (χ1) is 10.3. The molecule has 0 N–H and O–H groups in total. The first-order valence-electron chi connectivity index (χ1n) is 6.77. The van der Waals surface area contributed by atoms with Gasteiger partial charge < -0.3 is 4.74 Å². The molecule has 1 heterocycles. The molecular formula is C17H15BrN2O. The van der Waals surface area contributed by atoms with Crippen molar-refractivity contribution in [3.05, 3.63) is 71.5 Å². The van der Waals surface area contributed by atoms with Crippen molar-refractivity contribution < 1.29 is 4.74 Å². The summed E-state index contributed by atoms with van der Waals surface area (Å²) in [6.07, 6.45) is 3.93. The summed E-state index contributed by atoms with van der Waals surface area (Å²) in [5.41, 5.74) is 2.30. The number of aromatic nitrogens is 2. The van der Waals surface area contributed by atoms with Crippen LogP contribution in [0.5, 0.6) is 5.75 Å². The lowest BCUT2D eigenvalue weighted by atomic mass is 10.1. The Hall–Kier alpha value is -2.07. The molecule has 0 aliphatic heterocycles. The maximum Gasteiger partial charge on any atom is 0.119 e. The van der Waals surface area contributed by atoms with Gasteiger partial charge in [-0.25, -0.2) is 0 Å². The van der Waals surface area contributed by atoms with E-state index in [4.69, 9.17) is 4.74 Å². The molecule has 0 aliphatic rings. The molecular weight excluding hydrogens is 328 g/mol. The summed E-state index contributed by atoms with van der Waals surface area (Å²) < 4.78 is 8.65. The van der Waals surface area contributed by atoms with Gasteiger partial charge in [0.05, 0.1) is 12.7 Å². The number of ether oxygens (including phenoxy) is 1. The van der Waals surface area contributed by atoms with E-state index in [2.05, 4.69) is 33.2 Å². The third-order valence-corrected chi connectivity index (χ3v) is 3.67. The summed E-state index contributed by atoms with van der Waals surface area (Å²) in [5.74, 6) is 0.869. The Morgan fingerprint density at radius 3 is 2.48 bits per heavy atom. The zero-order valence-electron chi connectivity index (χ0n) is 11.4. The zero-order valence-corrected chi connectivity index (χ0v) is 13.0. The maximum atomic E-state index is 5.70. The SMILES string of the molecule is Brc1ccc(OCCn2cc(-c3ccccc3)cn2)cc1. The van der Waals surface area contributed by atoms with E-state index < -0.39 is 0 Å². The molecule has 21 heavy (non-hydrogen) atoms. The number of benzene rings is 2. The number of nitrogens with zero attached hydrogens (tertiary/aromatic N) is 2. The summed E-state index contributed by atoms with van der Waals surface area (Å²) in [4.78, 5) is 0. The van der Waals surface area contributed by atoms with Crippen LogP contribution < -0.4 is 4.74 Å². The molecule has 0 unspecified atom stereocenters. The van der Waals surface area contributed by atoms with Crippen LogP contribution in [0.25, 0.3) is 11.1 Å². The monoisotopic (exact) mass is 342 g/mol. The van der Waals surface area contributed by atoms with E-state index in [0.29, 0.717) is 6.61 Å². The van der Waals surface area contributed by atoms with E-state index in [-0.39, 0.29) is 0 Å². The summed E-state index contributed by atoms with van der Waals surface area (Å²) in [6.45, 7) is 1.32. The Balaban J connectivity index is 1.57. The van der Waals surface area contributed by atoms with Gasteiger partial charge in [0.1, 0.15) is 12.4 Å². The molecule has 0 saturated carbocycles. The van der Waals surface area contributed by atoms with Crippen molar-refractivity contribution in [3.8, 4) is 16.9 Å². The number of rotatable bonds is 5. The zero-order chi connectivity index (χ0) is 14.5. The number of hydrogen-bond acceptors (Lipinski definition) is 2. The predicted molar refractivity (Wildman–Crippen MR) is 87.3 cm³/mol. The van der Waals surface area contributed by atoms with Crippen molar-refractivity contribution >= 4 is 15.9 Å². The third kappa shape index (κ3) is 3.73. The largest absolute Gasteiger partial charge is 0.492 e. The fourth-order valence-corrected chi connectivity index (χ4v) is 2.32. The van der Waals surface area contributed by atoms with Crippen molar-refractivity contribution in [2.24, 2.45) is 0 Å². The third-order valence-electron chi connectivity index (χ3n) is 3.14. The second-order valence-corrected chi connectivity index (χ2v) is 5.58. The summed E-state index contributed by atoms with van der Waals surface area (Å²) in [7, 11) is 0. The smallest absolute Gasteiger partial charge is 0.119 e. The fourth-order valence-electron chi connectivity index (χ4n) is 2.05. The van der Waals surface area contributed by atoms with Gasteiger partial charge in [0, 0.05) is 16.2 Å². The topological polar surface area (TPSA) is 27.1 Å². The minimum absolute atomic E-state index is 0.595. The molecule has 0 aliphatic carbocycles. The Bertz CT molecular complexity index is 692. The molecule has 106 valence electrons. The molecule has 0 fully saturated rings. The first kappa shape index (κ1) is 13.9. The van der Waals surface area contributed by atoms with Crippen molar-refractivity contribution in [3.63, 3.8) is 0 Å². The van der Waals surface area contributed by atoms with E-state index in [9.17, 15) is 0 Å². The fraction of sp³-hybridized carbons (Fsp3) is 0.118. The van der Waals surface area contributed by atoms with Crippen LogP contribution in [-0.4, -0.2) is 16.4 Å². The van der Waals surface area contributed by atoms with Gasteiger partial charge in [-0.2, -0.15) is 5.10 Å². The predicted octanol–water partition coefficient (Wildman–Crippen LogP) is 4.39. The quantitative estimate of drug-likeness (QED) is 0.687. The Morgan fingerprint density at radius 1 is 0.952 bits per heavy atom. The molecule has 0 radical (unpaired) electrons. The molecule has 3 rings (SSSR count). The van der Waals surface area contributed by atoms with Gasteiger partial charge in [-0.3, -0.25) is 4.68 Å². The van der Waals surface area contributed by atoms with Crippen LogP contribution in [0.4, 0.5) is 0 Å². The van der Waals surface area contributed by atoms with E-state index in [1.54, 1.807) is 0 Å². The second-order valence-electron chi connectivity index (χ2n) is 4.66.